The van der Waals surface area contributed by atoms with Crippen molar-refractivity contribution in [3.8, 4) is 0 Å². The maximum absolute atomic E-state index is 9.64. The summed E-state index contributed by atoms with van der Waals surface area (Å²) in [6.45, 7) is 2.48. The second-order valence-electron chi connectivity index (χ2n) is 1.82. The predicted octanol–water partition coefficient (Wildman–Crippen LogP) is -0.694. The van der Waals surface area contributed by atoms with Crippen LogP contribution in [0.2, 0.25) is 0 Å². The molecule has 3 heteroatoms. The Bertz CT molecular complexity index is 80.5. The van der Waals surface area contributed by atoms with Crippen LogP contribution in [0.3, 0.4) is 0 Å². The van der Waals surface area contributed by atoms with Crippen LogP contribution in [0.4, 0.5) is 0 Å². The molecule has 3 nitrogen and oxygen atoms in total. The van der Waals surface area contributed by atoms with Crippen molar-refractivity contribution in [1.82, 2.24) is 10.4 Å². The van der Waals surface area contributed by atoms with Crippen LogP contribution >= 0.6 is 0 Å². The fourth-order valence-corrected chi connectivity index (χ4v) is 0.618. The Morgan fingerprint density at radius 2 is 2.38 bits per heavy atom. The van der Waals surface area contributed by atoms with Crippen molar-refractivity contribution in [1.29, 1.82) is 0 Å². The van der Waals surface area contributed by atoms with Gasteiger partial charge in [-0.25, -0.2) is 10.4 Å². The van der Waals surface area contributed by atoms with Gasteiger partial charge in [-0.1, -0.05) is 0 Å². The van der Waals surface area contributed by atoms with Crippen molar-refractivity contribution >= 4 is 6.29 Å². The summed E-state index contributed by atoms with van der Waals surface area (Å²) < 4.78 is 0. The van der Waals surface area contributed by atoms with Crippen molar-refractivity contribution in [2.24, 2.45) is 0 Å². The molecule has 0 aromatic carbocycles. The third-order valence-corrected chi connectivity index (χ3v) is 1.23. The Labute approximate surface area is 48.6 Å². The minimum Gasteiger partial charge on any atom is -0.289 e. The molecule has 1 heterocycles. The van der Waals surface area contributed by atoms with Gasteiger partial charge in [-0.15, -0.1) is 0 Å². The van der Waals surface area contributed by atoms with Gasteiger partial charge in [-0.05, 0) is 6.42 Å². The van der Waals surface area contributed by atoms with Gasteiger partial charge in [0, 0.05) is 13.1 Å². The molecule has 1 aliphatic rings. The molecule has 1 saturated heterocycles. The lowest BCUT2D eigenvalue weighted by molar-refractivity contribution is 0.118. The Balaban J connectivity index is 1.93. The van der Waals surface area contributed by atoms with E-state index < -0.39 is 0 Å². The van der Waals surface area contributed by atoms with Crippen LogP contribution in [-0.4, -0.2) is 30.9 Å². The van der Waals surface area contributed by atoms with E-state index in [1.807, 2.05) is 5.01 Å². The number of hydrazine groups is 1. The van der Waals surface area contributed by atoms with Crippen molar-refractivity contribution in [3.63, 3.8) is 0 Å². The topological polar surface area (TPSA) is 32.3 Å². The van der Waals surface area contributed by atoms with Gasteiger partial charge in [0.2, 0.25) is 6.29 Å². The number of carbonyl (C=O) groups excluding carboxylic acids is 1. The molecule has 0 spiro atoms. The maximum atomic E-state index is 9.64. The summed E-state index contributed by atoms with van der Waals surface area (Å²) >= 11 is 0. The second kappa shape index (κ2) is 2.79. The molecule has 1 radical (unpaired) electrons. The van der Waals surface area contributed by atoms with Gasteiger partial charge in [0.05, 0.1) is 6.54 Å². The van der Waals surface area contributed by atoms with E-state index in [1.165, 1.54) is 6.42 Å². The van der Waals surface area contributed by atoms with Crippen LogP contribution in [0.25, 0.3) is 0 Å². The van der Waals surface area contributed by atoms with E-state index >= 15 is 0 Å². The zero-order chi connectivity index (χ0) is 5.82. The SMILES string of the molecule is O=[C]CNN1CCC1. The van der Waals surface area contributed by atoms with Crippen LogP contribution in [0.5, 0.6) is 0 Å². The predicted molar refractivity (Wildman–Crippen MR) is 29.9 cm³/mol. The Kier molecular flexibility index (Phi) is 2.00. The molecule has 0 aromatic heterocycles. The molecule has 8 heavy (non-hydrogen) atoms. The smallest absolute Gasteiger partial charge is 0.214 e. The van der Waals surface area contributed by atoms with E-state index in [0.717, 1.165) is 13.1 Å². The summed E-state index contributed by atoms with van der Waals surface area (Å²) in [5, 5.41) is 2.00. The molecule has 0 unspecified atom stereocenters. The lowest BCUT2D eigenvalue weighted by Crippen LogP contribution is -2.47. The number of rotatable bonds is 3. The molecule has 0 aliphatic carbocycles. The van der Waals surface area contributed by atoms with E-state index in [-0.39, 0.29) is 0 Å². The lowest BCUT2D eigenvalue weighted by Gasteiger charge is -2.29. The first-order valence-electron chi connectivity index (χ1n) is 2.77. The summed E-state index contributed by atoms with van der Waals surface area (Å²) in [6, 6.07) is 0. The molecule has 0 aromatic rings. The van der Waals surface area contributed by atoms with Gasteiger partial charge in [0.1, 0.15) is 0 Å². The third-order valence-electron chi connectivity index (χ3n) is 1.23. The second-order valence-corrected chi connectivity index (χ2v) is 1.82. The Morgan fingerprint density at radius 3 is 2.75 bits per heavy atom. The van der Waals surface area contributed by atoms with Crippen LogP contribution < -0.4 is 5.43 Å². The zero-order valence-electron chi connectivity index (χ0n) is 4.68. The lowest BCUT2D eigenvalue weighted by atomic mass is 10.3. The molecule has 45 valence electrons. The molecule has 1 rings (SSSR count). The van der Waals surface area contributed by atoms with Gasteiger partial charge in [0.25, 0.3) is 0 Å². The normalized spacial score (nSPS) is 20.0. The minimum atomic E-state index is 0.333. The number of hydrogen-bond acceptors (Lipinski definition) is 3. The average Bonchev–Trinajstić information content (AvgIpc) is 1.63. The van der Waals surface area contributed by atoms with Crippen molar-refractivity contribution in [3.05, 3.63) is 0 Å². The maximum Gasteiger partial charge on any atom is 0.214 e. The summed E-state index contributed by atoms with van der Waals surface area (Å²) in [4.78, 5) is 9.64. The van der Waals surface area contributed by atoms with Crippen molar-refractivity contribution < 1.29 is 4.79 Å². The first kappa shape index (κ1) is 5.72. The van der Waals surface area contributed by atoms with E-state index in [0.29, 0.717) is 6.54 Å². The first-order chi connectivity index (χ1) is 3.93. The summed E-state index contributed by atoms with van der Waals surface area (Å²) in [7, 11) is 0. The van der Waals surface area contributed by atoms with Crippen molar-refractivity contribution in [2.45, 2.75) is 6.42 Å². The molecule has 0 amide bonds. The van der Waals surface area contributed by atoms with Gasteiger partial charge < -0.3 is 0 Å². The molecule has 1 aliphatic heterocycles. The monoisotopic (exact) mass is 113 g/mol. The van der Waals surface area contributed by atoms with Crippen LogP contribution in [0.1, 0.15) is 6.42 Å². The highest BCUT2D eigenvalue weighted by Crippen LogP contribution is 1.98. The van der Waals surface area contributed by atoms with Crippen LogP contribution in [0, 0.1) is 0 Å². The van der Waals surface area contributed by atoms with Gasteiger partial charge in [-0.2, -0.15) is 0 Å². The molecule has 0 bridgehead atoms. The van der Waals surface area contributed by atoms with Gasteiger partial charge in [0.15, 0.2) is 0 Å². The molecule has 1 N–H and O–H groups in total. The van der Waals surface area contributed by atoms with E-state index in [1.54, 1.807) is 6.29 Å². The van der Waals surface area contributed by atoms with Gasteiger partial charge >= 0.3 is 0 Å². The standard InChI is InChI=1S/C5H9N2O/c8-5-2-6-7-3-1-4-7/h6H,1-4H2. The summed E-state index contributed by atoms with van der Waals surface area (Å²) in [5.41, 5.74) is 2.88. The fourth-order valence-electron chi connectivity index (χ4n) is 0.618. The Hall–Kier alpha value is -0.410. The van der Waals surface area contributed by atoms with Crippen LogP contribution in [0.15, 0.2) is 0 Å². The number of hydrogen-bond donors (Lipinski definition) is 1. The minimum absolute atomic E-state index is 0.333. The Morgan fingerprint density at radius 1 is 1.62 bits per heavy atom. The highest BCUT2D eigenvalue weighted by molar-refractivity contribution is 5.52. The first-order valence-corrected chi connectivity index (χ1v) is 2.77. The van der Waals surface area contributed by atoms with Crippen molar-refractivity contribution in [2.75, 3.05) is 19.6 Å². The molecule has 0 saturated carbocycles. The highest BCUT2D eigenvalue weighted by atomic mass is 16.1. The molecular weight excluding hydrogens is 104 g/mol. The summed E-state index contributed by atoms with van der Waals surface area (Å²) in [5.74, 6) is 0. The number of nitrogens with one attached hydrogen (secondary N) is 1. The molecule has 0 atom stereocenters. The summed E-state index contributed by atoms with van der Waals surface area (Å²) in [6.07, 6.45) is 3.01. The highest BCUT2D eigenvalue weighted by Gasteiger charge is 2.11. The third kappa shape index (κ3) is 1.28. The van der Waals surface area contributed by atoms with Gasteiger partial charge in [-0.3, -0.25) is 4.79 Å². The number of nitrogens with zero attached hydrogens (tertiary/aromatic N) is 1. The largest absolute Gasteiger partial charge is 0.289 e. The van der Waals surface area contributed by atoms with Crippen LogP contribution in [-0.2, 0) is 4.79 Å². The van der Waals surface area contributed by atoms with E-state index in [4.69, 9.17) is 0 Å². The van der Waals surface area contributed by atoms with E-state index in [9.17, 15) is 4.79 Å². The zero-order valence-corrected chi connectivity index (χ0v) is 4.68. The quantitative estimate of drug-likeness (QED) is 0.525. The molecular formula is C5H9N2O. The average molecular weight is 113 g/mol. The molecule has 1 fully saturated rings. The fraction of sp³-hybridized carbons (Fsp3) is 0.800. The van der Waals surface area contributed by atoms with E-state index in [2.05, 4.69) is 5.43 Å².